The Bertz CT molecular complexity index is 702. The maximum Gasteiger partial charge on any atom is 0.261 e. The van der Waals surface area contributed by atoms with E-state index >= 15 is 0 Å². The van der Waals surface area contributed by atoms with Gasteiger partial charge in [0.1, 0.15) is 0 Å². The molecule has 0 atom stereocenters. The quantitative estimate of drug-likeness (QED) is 0.915. The van der Waals surface area contributed by atoms with Gasteiger partial charge in [0, 0.05) is 31.1 Å². The number of nitrogens with zero attached hydrogens (tertiary/aromatic N) is 1. The van der Waals surface area contributed by atoms with Gasteiger partial charge in [-0.1, -0.05) is 19.1 Å². The van der Waals surface area contributed by atoms with Gasteiger partial charge < -0.3 is 10.2 Å². The molecule has 0 radical (unpaired) electrons. The summed E-state index contributed by atoms with van der Waals surface area (Å²) in [5.74, 6) is -0.0759. The number of amides is 2. The first kappa shape index (κ1) is 17.2. The zero-order valence-corrected chi connectivity index (χ0v) is 14.8. The van der Waals surface area contributed by atoms with E-state index in [1.165, 1.54) is 10.4 Å². The second kappa shape index (κ2) is 7.42. The van der Waals surface area contributed by atoms with E-state index in [9.17, 15) is 9.59 Å². The van der Waals surface area contributed by atoms with Gasteiger partial charge in [-0.05, 0) is 42.7 Å². The molecule has 1 aromatic heterocycles. The minimum Gasteiger partial charge on any atom is -0.347 e. The third kappa shape index (κ3) is 4.20. The van der Waals surface area contributed by atoms with Crippen LogP contribution < -0.4 is 5.32 Å². The van der Waals surface area contributed by atoms with Crippen LogP contribution in [0, 0.1) is 6.92 Å². The number of carbonyl (C=O) groups excluding carboxylic acids is 2. The second-order valence-electron chi connectivity index (χ2n) is 5.65. The Labute approximate surface area is 141 Å². The van der Waals surface area contributed by atoms with Gasteiger partial charge in [0.15, 0.2) is 0 Å². The fourth-order valence-corrected chi connectivity index (χ4v) is 3.31. The van der Waals surface area contributed by atoms with Crippen molar-refractivity contribution in [2.75, 3.05) is 14.1 Å². The summed E-state index contributed by atoms with van der Waals surface area (Å²) < 4.78 is 0. The maximum absolute atomic E-state index is 12.2. The zero-order chi connectivity index (χ0) is 17.0. The average Bonchev–Trinajstić information content (AvgIpc) is 2.93. The van der Waals surface area contributed by atoms with Gasteiger partial charge in [0.05, 0.1) is 4.88 Å². The van der Waals surface area contributed by atoms with Gasteiger partial charge in [-0.3, -0.25) is 9.59 Å². The minimum atomic E-state index is -0.0498. The van der Waals surface area contributed by atoms with Crippen molar-refractivity contribution in [2.45, 2.75) is 26.8 Å². The molecular formula is C18H22N2O2S. The number of aryl methyl sites for hydroxylation is 2. The minimum absolute atomic E-state index is 0.0262. The van der Waals surface area contributed by atoms with Crippen molar-refractivity contribution in [3.05, 3.63) is 56.8 Å². The highest BCUT2D eigenvalue weighted by molar-refractivity contribution is 7.14. The molecule has 4 nitrogen and oxygen atoms in total. The Balaban J connectivity index is 1.97. The first-order valence-electron chi connectivity index (χ1n) is 7.60. The van der Waals surface area contributed by atoms with E-state index in [4.69, 9.17) is 0 Å². The largest absolute Gasteiger partial charge is 0.347 e. The zero-order valence-electron chi connectivity index (χ0n) is 14.0. The van der Waals surface area contributed by atoms with E-state index in [0.717, 1.165) is 16.9 Å². The average molecular weight is 330 g/mol. The monoisotopic (exact) mass is 330 g/mol. The van der Waals surface area contributed by atoms with Crippen molar-refractivity contribution in [1.82, 2.24) is 10.2 Å². The van der Waals surface area contributed by atoms with Crippen molar-refractivity contribution in [3.63, 3.8) is 0 Å². The van der Waals surface area contributed by atoms with Gasteiger partial charge in [-0.15, -0.1) is 11.3 Å². The molecular weight excluding hydrogens is 308 g/mol. The lowest BCUT2D eigenvalue weighted by Gasteiger charge is -2.10. The SMILES string of the molecule is CCc1sc(C(=O)NCc2ccc(C(=O)N(C)C)cc2)cc1C. The summed E-state index contributed by atoms with van der Waals surface area (Å²) in [7, 11) is 3.45. The Morgan fingerprint density at radius 1 is 1.17 bits per heavy atom. The van der Waals surface area contributed by atoms with E-state index in [-0.39, 0.29) is 11.8 Å². The van der Waals surface area contributed by atoms with E-state index in [2.05, 4.69) is 12.2 Å². The van der Waals surface area contributed by atoms with E-state index in [0.29, 0.717) is 12.1 Å². The molecule has 122 valence electrons. The van der Waals surface area contributed by atoms with E-state index < -0.39 is 0 Å². The summed E-state index contributed by atoms with van der Waals surface area (Å²) in [6.45, 7) is 4.58. The lowest BCUT2D eigenvalue weighted by Crippen LogP contribution is -2.23. The smallest absolute Gasteiger partial charge is 0.261 e. The van der Waals surface area contributed by atoms with Crippen LogP contribution >= 0.6 is 11.3 Å². The molecule has 1 aromatic carbocycles. The molecule has 2 aromatic rings. The Kier molecular flexibility index (Phi) is 5.55. The topological polar surface area (TPSA) is 49.4 Å². The molecule has 0 unspecified atom stereocenters. The van der Waals surface area contributed by atoms with Crippen LogP contribution in [0.3, 0.4) is 0 Å². The molecule has 5 heteroatoms. The molecule has 0 aliphatic heterocycles. The number of benzene rings is 1. The van der Waals surface area contributed by atoms with Crippen molar-refractivity contribution < 1.29 is 9.59 Å². The summed E-state index contributed by atoms with van der Waals surface area (Å²) in [4.78, 5) is 27.6. The molecule has 0 spiro atoms. The standard InChI is InChI=1S/C18H22N2O2S/c1-5-15-12(2)10-16(23-15)17(21)19-11-13-6-8-14(9-7-13)18(22)20(3)4/h6-10H,5,11H2,1-4H3,(H,19,21). The van der Waals surface area contributed by atoms with Crippen LogP contribution in [0.2, 0.25) is 0 Å². The molecule has 0 fully saturated rings. The fraction of sp³-hybridized carbons (Fsp3) is 0.333. The molecule has 1 heterocycles. The van der Waals surface area contributed by atoms with Crippen molar-refractivity contribution >= 4 is 23.2 Å². The summed E-state index contributed by atoms with van der Waals surface area (Å²) in [6.07, 6.45) is 0.950. The summed E-state index contributed by atoms with van der Waals surface area (Å²) in [5.41, 5.74) is 2.79. The molecule has 2 rings (SSSR count). The molecule has 1 N–H and O–H groups in total. The molecule has 0 aliphatic carbocycles. The van der Waals surface area contributed by atoms with Crippen molar-refractivity contribution in [1.29, 1.82) is 0 Å². The highest BCUT2D eigenvalue weighted by Crippen LogP contribution is 2.22. The third-order valence-corrected chi connectivity index (χ3v) is 5.01. The van der Waals surface area contributed by atoms with Gasteiger partial charge in [0.2, 0.25) is 0 Å². The van der Waals surface area contributed by atoms with Crippen LogP contribution in [0.1, 0.15) is 43.0 Å². The second-order valence-corrected chi connectivity index (χ2v) is 6.79. The van der Waals surface area contributed by atoms with Crippen LogP contribution in [0.15, 0.2) is 30.3 Å². The molecule has 0 bridgehead atoms. The van der Waals surface area contributed by atoms with Crippen molar-refractivity contribution in [2.24, 2.45) is 0 Å². The van der Waals surface area contributed by atoms with Crippen LogP contribution in [0.5, 0.6) is 0 Å². The van der Waals surface area contributed by atoms with E-state index in [1.807, 2.05) is 25.1 Å². The lowest BCUT2D eigenvalue weighted by atomic mass is 10.1. The normalized spacial score (nSPS) is 10.4. The number of thiophene rings is 1. The van der Waals surface area contributed by atoms with E-state index in [1.54, 1.807) is 42.5 Å². The molecule has 0 aliphatic rings. The van der Waals surface area contributed by atoms with Gasteiger partial charge in [0.25, 0.3) is 11.8 Å². The third-order valence-electron chi connectivity index (χ3n) is 3.63. The molecule has 23 heavy (non-hydrogen) atoms. The lowest BCUT2D eigenvalue weighted by molar-refractivity contribution is 0.0827. The van der Waals surface area contributed by atoms with Gasteiger partial charge >= 0.3 is 0 Å². The molecule has 0 saturated heterocycles. The highest BCUT2D eigenvalue weighted by atomic mass is 32.1. The Morgan fingerprint density at radius 3 is 2.35 bits per heavy atom. The van der Waals surface area contributed by atoms with Gasteiger partial charge in [-0.2, -0.15) is 0 Å². The number of carbonyl (C=O) groups is 2. The highest BCUT2D eigenvalue weighted by Gasteiger charge is 2.12. The number of hydrogen-bond acceptors (Lipinski definition) is 3. The number of nitrogens with one attached hydrogen (secondary N) is 1. The maximum atomic E-state index is 12.2. The molecule has 2 amide bonds. The van der Waals surface area contributed by atoms with Gasteiger partial charge in [-0.25, -0.2) is 0 Å². The predicted octanol–water partition coefficient (Wildman–Crippen LogP) is 3.25. The number of hydrogen-bond donors (Lipinski definition) is 1. The van der Waals surface area contributed by atoms with Crippen LogP contribution in [0.25, 0.3) is 0 Å². The van der Waals surface area contributed by atoms with Crippen LogP contribution in [0.4, 0.5) is 0 Å². The van der Waals surface area contributed by atoms with Crippen LogP contribution in [-0.2, 0) is 13.0 Å². The predicted molar refractivity (Wildman–Crippen MR) is 94.1 cm³/mol. The summed E-state index contributed by atoms with van der Waals surface area (Å²) in [6, 6.07) is 9.25. The van der Waals surface area contributed by atoms with Crippen molar-refractivity contribution in [3.8, 4) is 0 Å². The number of rotatable bonds is 5. The fourth-order valence-electron chi connectivity index (χ4n) is 2.28. The first-order valence-corrected chi connectivity index (χ1v) is 8.42. The Morgan fingerprint density at radius 2 is 1.83 bits per heavy atom. The van der Waals surface area contributed by atoms with Crippen LogP contribution in [-0.4, -0.2) is 30.8 Å². The molecule has 0 saturated carbocycles. The Hall–Kier alpha value is -2.14. The summed E-state index contributed by atoms with van der Waals surface area (Å²) >= 11 is 1.55. The summed E-state index contributed by atoms with van der Waals surface area (Å²) in [5, 5.41) is 2.93. The first-order chi connectivity index (χ1) is 10.9.